The molecule has 2 bridgehead atoms. The van der Waals surface area contributed by atoms with Gasteiger partial charge in [-0.2, -0.15) is 23.1 Å². The number of benzene rings is 3. The molecule has 22 heteroatoms. The van der Waals surface area contributed by atoms with Gasteiger partial charge in [0.1, 0.15) is 47.6 Å². The second-order valence-electron chi connectivity index (χ2n) is 23.0. The molecule has 83 heavy (non-hydrogen) atoms. The number of nitrogens with one attached hydrogen (secondary N) is 2. The number of likely N-dealkylation sites (tertiary alicyclic amines) is 1. The highest BCUT2D eigenvalue weighted by Gasteiger charge is 2.45. The monoisotopic (exact) mass is 1140 g/mol. The number of halogens is 3. The van der Waals surface area contributed by atoms with Crippen LogP contribution in [0.5, 0.6) is 11.8 Å². The lowest BCUT2D eigenvalue weighted by Gasteiger charge is -2.31. The van der Waals surface area contributed by atoms with E-state index in [0.29, 0.717) is 77.3 Å². The third-order valence-corrected chi connectivity index (χ3v) is 16.8. The second-order valence-corrected chi connectivity index (χ2v) is 23.0. The maximum Gasteiger partial charge on any atom is 0.418 e. The van der Waals surface area contributed by atoms with Gasteiger partial charge in [-0.25, -0.2) is 9.67 Å². The summed E-state index contributed by atoms with van der Waals surface area (Å²) in [4.78, 5) is 51.1. The molecule has 4 aromatic heterocycles. The van der Waals surface area contributed by atoms with Crippen molar-refractivity contribution in [1.82, 2.24) is 50.5 Å². The first kappa shape index (κ1) is 55.7. The molecule has 8 heterocycles. The van der Waals surface area contributed by atoms with Crippen LogP contribution < -0.4 is 30.7 Å². The third kappa shape index (κ3) is 11.3. The zero-order valence-corrected chi connectivity index (χ0v) is 46.6. The van der Waals surface area contributed by atoms with E-state index in [2.05, 4.69) is 35.8 Å². The number of anilines is 2. The number of ether oxygens (including phenoxy) is 3. The Morgan fingerprint density at radius 1 is 0.940 bits per heavy atom. The molecule has 0 unspecified atom stereocenters. The predicted octanol–water partition coefficient (Wildman–Crippen LogP) is 7.80. The molecule has 0 radical (unpaired) electrons. The fraction of sp³-hybridized carbons (Fsp3) is 0.443. The van der Waals surface area contributed by atoms with Crippen molar-refractivity contribution in [3.8, 4) is 45.4 Å². The third-order valence-electron chi connectivity index (χ3n) is 16.8. The standard InChI is InChI=1S/C61H67F3N12O7/c1-32(2)55(59(80)75-28-42(78)23-49(75)58(79)68-48(30-77)39-13-11-37(12-14-39)46-26-66-18-15-33(46)3)76-29-47(72-73-76)38-7-5-35(6-8-38)31-82-56-51(54-52(61(62,63)64)34(4)21-50(65)69-54)44(36-9-10-36)24-45-53(56)70-60(83-43-16-19-81-20-17-43)71-57(45)74-27-40-22-41(74)25-67-40/h5-8,11-15,18,21,24,26,29,32,36,40-43,48-49,55,67,77-78H,9-10,16-17,19-20,22-23,25,27-28,30-31H2,1-4H3,(H2,65,69)(H,68,79)/t40-,41-,42+,48-,49-,55-/m0/s1. The SMILES string of the molecule is Cc1ccncc1-c1ccc([C@H](CO)NC(=O)[C@@H]2C[C@@H](O)CN2C(=O)[C@H](C(C)C)n2cc(-c3ccc(COc4c(-c5nc(N)cc(C)c5C(F)(F)F)c(C5CC5)cc5c(N6C[C@@H]7C[C@H]6CN7)nc(OC6CCOCC6)nc45)cc3)nn2)cc1. The Hall–Kier alpha value is -7.79. The summed E-state index contributed by atoms with van der Waals surface area (Å²) in [5.41, 5.74) is 11.5. The van der Waals surface area contributed by atoms with Crippen LogP contribution in [0.25, 0.3) is 44.5 Å². The molecule has 0 spiro atoms. The molecule has 2 amide bonds. The number of aliphatic hydroxyl groups is 2. The summed E-state index contributed by atoms with van der Waals surface area (Å²) in [6, 6.07) is 17.7. The molecule has 4 saturated heterocycles. The fourth-order valence-electron chi connectivity index (χ4n) is 12.4. The number of carbonyl (C=O) groups excluding carboxylic acids is 2. The lowest BCUT2D eigenvalue weighted by molar-refractivity contribution is -0.142. The Morgan fingerprint density at radius 3 is 2.37 bits per heavy atom. The van der Waals surface area contributed by atoms with E-state index < -0.39 is 54.4 Å². The van der Waals surface area contributed by atoms with Crippen LogP contribution in [0.3, 0.4) is 0 Å². The average molecular weight is 1140 g/mol. The molecule has 5 fully saturated rings. The number of pyridine rings is 2. The van der Waals surface area contributed by atoms with E-state index in [4.69, 9.17) is 29.9 Å². The number of fused-ring (bicyclic) bond motifs is 3. The number of β-amino-alcohol motifs (C(OH)–C–C–N with tert-alkyl or cyclic N) is 1. The van der Waals surface area contributed by atoms with Gasteiger partial charge in [-0.1, -0.05) is 67.6 Å². The minimum atomic E-state index is -4.79. The van der Waals surface area contributed by atoms with Crippen LogP contribution >= 0.6 is 0 Å². The number of rotatable bonds is 17. The molecule has 7 aromatic rings. The minimum absolute atomic E-state index is 0.00605. The molecule has 6 atom stereocenters. The zero-order chi connectivity index (χ0) is 57.8. The quantitative estimate of drug-likeness (QED) is 0.0584. The molecule has 1 saturated carbocycles. The van der Waals surface area contributed by atoms with Gasteiger partial charge < -0.3 is 50.6 Å². The maximum absolute atomic E-state index is 15.4. The molecule has 19 nitrogen and oxygen atoms in total. The van der Waals surface area contributed by atoms with Crippen LogP contribution in [-0.2, 0) is 27.1 Å². The van der Waals surface area contributed by atoms with Gasteiger partial charge in [0.2, 0.25) is 11.8 Å². The highest BCUT2D eigenvalue weighted by molar-refractivity contribution is 6.01. The topological polar surface area (TPSA) is 241 Å². The van der Waals surface area contributed by atoms with Crippen molar-refractivity contribution >= 4 is 34.4 Å². The summed E-state index contributed by atoms with van der Waals surface area (Å²) < 4.78 is 66.6. The Balaban J connectivity index is 0.827. The largest absolute Gasteiger partial charge is 0.486 e. The number of nitrogens with zero attached hydrogens (tertiary/aromatic N) is 9. The molecule has 4 aliphatic heterocycles. The first-order valence-electron chi connectivity index (χ1n) is 28.5. The van der Waals surface area contributed by atoms with Crippen molar-refractivity contribution in [3.05, 3.63) is 119 Å². The molecule has 434 valence electrons. The van der Waals surface area contributed by atoms with E-state index in [0.717, 1.165) is 42.5 Å². The molecular formula is C61H67F3N12O7. The van der Waals surface area contributed by atoms with E-state index in [1.807, 2.05) is 81.4 Å². The number of amides is 2. The minimum Gasteiger partial charge on any atom is -0.486 e. The number of nitrogen functional groups attached to an aromatic ring is 1. The molecule has 1 aliphatic carbocycles. The molecule has 12 rings (SSSR count). The molecule has 3 aromatic carbocycles. The number of aromatic nitrogens is 7. The van der Waals surface area contributed by atoms with Gasteiger partial charge in [-0.15, -0.1) is 5.10 Å². The van der Waals surface area contributed by atoms with Gasteiger partial charge in [0.05, 0.1) is 49.4 Å². The lowest BCUT2D eigenvalue weighted by atomic mass is 9.92. The Kier molecular flexibility index (Phi) is 15.3. The van der Waals surface area contributed by atoms with Crippen LogP contribution in [0.4, 0.5) is 24.8 Å². The van der Waals surface area contributed by atoms with Crippen LogP contribution in [0.15, 0.2) is 85.3 Å². The van der Waals surface area contributed by atoms with Crippen LogP contribution in [0, 0.1) is 19.8 Å². The van der Waals surface area contributed by atoms with Crippen molar-refractivity contribution in [2.75, 3.05) is 50.1 Å². The van der Waals surface area contributed by atoms with Crippen LogP contribution in [0.1, 0.15) is 104 Å². The van der Waals surface area contributed by atoms with E-state index in [9.17, 15) is 19.8 Å². The molecular weight excluding hydrogens is 1070 g/mol. The van der Waals surface area contributed by atoms with E-state index >= 15 is 13.2 Å². The zero-order valence-electron chi connectivity index (χ0n) is 46.6. The van der Waals surface area contributed by atoms with Gasteiger partial charge in [-0.05, 0) is 96.5 Å². The first-order valence-corrected chi connectivity index (χ1v) is 28.5. The second kappa shape index (κ2) is 22.8. The number of alkyl halides is 3. The fourth-order valence-corrected chi connectivity index (χ4v) is 12.4. The number of nitrogens with two attached hydrogens (primary N) is 1. The number of aryl methyl sites for hydroxylation is 2. The summed E-state index contributed by atoms with van der Waals surface area (Å²) in [5.74, 6) is -0.640. The summed E-state index contributed by atoms with van der Waals surface area (Å²) >= 11 is 0. The van der Waals surface area contributed by atoms with E-state index in [1.165, 1.54) is 22.6 Å². The van der Waals surface area contributed by atoms with Crippen molar-refractivity contribution in [3.63, 3.8) is 0 Å². The maximum atomic E-state index is 15.4. The Bertz CT molecular complexity index is 3560. The van der Waals surface area contributed by atoms with E-state index in [-0.39, 0.29) is 84.0 Å². The Morgan fingerprint density at radius 2 is 1.70 bits per heavy atom. The number of aliphatic hydroxyl groups excluding tert-OH is 2. The molecule has 5 aliphatic rings. The first-order chi connectivity index (χ1) is 40.0. The van der Waals surface area contributed by atoms with Crippen LogP contribution in [0.2, 0.25) is 0 Å². The smallest absolute Gasteiger partial charge is 0.418 e. The highest BCUT2D eigenvalue weighted by atomic mass is 19.4. The van der Waals surface area contributed by atoms with Crippen LogP contribution in [-0.4, -0.2) is 132 Å². The average Bonchev–Trinajstić information content (AvgIpc) is 2.63. The number of carbonyl (C=O) groups is 2. The number of hydrogen-bond donors (Lipinski definition) is 5. The summed E-state index contributed by atoms with van der Waals surface area (Å²) in [6.07, 6.45) is 2.88. The van der Waals surface area contributed by atoms with Crippen molar-refractivity contribution < 1.29 is 47.2 Å². The number of hydrogen-bond acceptors (Lipinski definition) is 16. The van der Waals surface area contributed by atoms with Gasteiger partial charge in [-0.3, -0.25) is 14.6 Å². The lowest BCUT2D eigenvalue weighted by Crippen LogP contribution is -2.50. The summed E-state index contributed by atoms with van der Waals surface area (Å²) in [6.45, 7) is 9.02. The summed E-state index contributed by atoms with van der Waals surface area (Å²) in [7, 11) is 0. The highest BCUT2D eigenvalue weighted by Crippen LogP contribution is 2.54. The van der Waals surface area contributed by atoms with Crippen molar-refractivity contribution in [1.29, 1.82) is 0 Å². The normalized spacial score (nSPS) is 20.8. The number of piperazine rings is 1. The van der Waals surface area contributed by atoms with Crippen molar-refractivity contribution in [2.45, 2.75) is 127 Å². The van der Waals surface area contributed by atoms with Gasteiger partial charge in [0, 0.05) is 85.5 Å². The van der Waals surface area contributed by atoms with Gasteiger partial charge in [0.15, 0.2) is 5.75 Å². The summed E-state index contributed by atoms with van der Waals surface area (Å²) in [5, 5.41) is 37.4. The van der Waals surface area contributed by atoms with Gasteiger partial charge >= 0.3 is 12.2 Å². The predicted molar refractivity (Wildman–Crippen MR) is 303 cm³/mol. The van der Waals surface area contributed by atoms with Crippen molar-refractivity contribution in [2.24, 2.45) is 5.92 Å². The van der Waals surface area contributed by atoms with E-state index in [1.54, 1.807) is 18.6 Å². The molecule has 6 N–H and O–H groups in total. The van der Waals surface area contributed by atoms with Gasteiger partial charge in [0.25, 0.3) is 0 Å². The Labute approximate surface area is 477 Å².